The summed E-state index contributed by atoms with van der Waals surface area (Å²) in [5.74, 6) is -0.384. The van der Waals surface area contributed by atoms with E-state index in [1.165, 1.54) is 6.08 Å². The lowest BCUT2D eigenvalue weighted by molar-refractivity contribution is -0.137. The topological polar surface area (TPSA) is 26.3 Å². The number of rotatable bonds is 2. The molecule has 0 radical (unpaired) electrons. The lowest BCUT2D eigenvalue weighted by Crippen LogP contribution is -1.98. The maximum atomic E-state index is 10.5. The third-order valence-electron chi connectivity index (χ3n) is 0.603. The first-order chi connectivity index (χ1) is 4.16. The maximum Gasteiger partial charge on any atom is 0.331 e. The third kappa shape index (κ3) is 5.37. The zero-order valence-electron chi connectivity index (χ0n) is 5.48. The molecule has 0 unspecified atom stereocenters. The van der Waals surface area contributed by atoms with Crippen molar-refractivity contribution in [1.29, 1.82) is 0 Å². The molecule has 0 N–H and O–H groups in total. The van der Waals surface area contributed by atoms with Crippen LogP contribution in [0.25, 0.3) is 0 Å². The van der Waals surface area contributed by atoms with Crippen LogP contribution in [0.1, 0.15) is 13.8 Å². The van der Waals surface area contributed by atoms with Gasteiger partial charge in [0.25, 0.3) is 0 Å². The number of esters is 1. The summed E-state index contributed by atoms with van der Waals surface area (Å²) >= 11 is 5.37. The molecule has 2 nitrogen and oxygen atoms in total. The van der Waals surface area contributed by atoms with Gasteiger partial charge in [0.05, 0.1) is 6.61 Å². The van der Waals surface area contributed by atoms with Gasteiger partial charge >= 0.3 is 5.97 Å². The van der Waals surface area contributed by atoms with Gasteiger partial charge in [0.15, 0.2) is 0 Å². The number of hydrogen-bond donors (Lipinski definition) is 0. The molecular weight excluding hydrogens is 140 g/mol. The second-order valence-electron chi connectivity index (χ2n) is 1.48. The van der Waals surface area contributed by atoms with Gasteiger partial charge in [0.1, 0.15) is 0 Å². The molecule has 0 aromatic carbocycles. The molecule has 0 rings (SSSR count). The second-order valence-corrected chi connectivity index (χ2v) is 2.08. The summed E-state index contributed by atoms with van der Waals surface area (Å²) in [5, 5.41) is 0.438. The zero-order chi connectivity index (χ0) is 7.28. The van der Waals surface area contributed by atoms with Crippen LogP contribution in [0, 0.1) is 0 Å². The Hall–Kier alpha value is -0.500. The first-order valence-electron chi connectivity index (χ1n) is 2.67. The SMILES string of the molecule is CCOC(=O)/C=C(\C)Cl. The number of carbonyl (C=O) groups is 1. The van der Waals surface area contributed by atoms with Crippen LogP contribution < -0.4 is 0 Å². The van der Waals surface area contributed by atoms with Crippen molar-refractivity contribution in [2.75, 3.05) is 6.61 Å². The molecule has 0 saturated heterocycles. The quantitative estimate of drug-likeness (QED) is 0.440. The van der Waals surface area contributed by atoms with Crippen LogP contribution in [0.3, 0.4) is 0 Å². The number of carbonyl (C=O) groups excluding carboxylic acids is 1. The monoisotopic (exact) mass is 148 g/mol. The number of halogens is 1. The molecule has 0 aliphatic carbocycles. The Bertz CT molecular complexity index is 125. The second kappa shape index (κ2) is 4.39. The molecule has 0 heterocycles. The lowest BCUT2D eigenvalue weighted by Gasteiger charge is -1.93. The fraction of sp³-hybridized carbons (Fsp3) is 0.500. The fourth-order valence-corrected chi connectivity index (χ4v) is 0.435. The highest BCUT2D eigenvalue weighted by molar-refractivity contribution is 6.30. The molecule has 0 aromatic heterocycles. The molecule has 0 spiro atoms. The van der Waals surface area contributed by atoms with Gasteiger partial charge in [-0.2, -0.15) is 0 Å². The van der Waals surface area contributed by atoms with E-state index in [1.54, 1.807) is 13.8 Å². The molecule has 0 saturated carbocycles. The van der Waals surface area contributed by atoms with E-state index in [4.69, 9.17) is 11.6 Å². The Morgan fingerprint density at radius 2 is 2.33 bits per heavy atom. The van der Waals surface area contributed by atoms with Crippen LogP contribution in [0.5, 0.6) is 0 Å². The summed E-state index contributed by atoms with van der Waals surface area (Å²) in [6.07, 6.45) is 1.24. The van der Waals surface area contributed by atoms with Crippen molar-refractivity contribution in [3.8, 4) is 0 Å². The Balaban J connectivity index is 3.63. The molecule has 0 atom stereocenters. The van der Waals surface area contributed by atoms with Gasteiger partial charge in [0, 0.05) is 11.1 Å². The normalized spacial score (nSPS) is 11.2. The third-order valence-corrected chi connectivity index (χ3v) is 0.712. The van der Waals surface area contributed by atoms with Crippen LogP contribution in [0.15, 0.2) is 11.1 Å². The average Bonchev–Trinajstić information content (AvgIpc) is 1.63. The number of allylic oxidation sites excluding steroid dienone is 1. The van der Waals surface area contributed by atoms with Gasteiger partial charge in [-0.25, -0.2) is 4.79 Å². The van der Waals surface area contributed by atoms with Crippen molar-refractivity contribution in [3.05, 3.63) is 11.1 Å². The van der Waals surface area contributed by atoms with Gasteiger partial charge in [-0.1, -0.05) is 11.6 Å². The van der Waals surface area contributed by atoms with Crippen LogP contribution in [0.4, 0.5) is 0 Å². The first-order valence-corrected chi connectivity index (χ1v) is 3.05. The van der Waals surface area contributed by atoms with Gasteiger partial charge in [-0.3, -0.25) is 0 Å². The van der Waals surface area contributed by atoms with Gasteiger partial charge in [-0.15, -0.1) is 0 Å². The van der Waals surface area contributed by atoms with E-state index in [1.807, 2.05) is 0 Å². The maximum absolute atomic E-state index is 10.5. The fourth-order valence-electron chi connectivity index (χ4n) is 0.346. The van der Waals surface area contributed by atoms with Crippen molar-refractivity contribution >= 4 is 17.6 Å². The van der Waals surface area contributed by atoms with Crippen molar-refractivity contribution in [1.82, 2.24) is 0 Å². The Morgan fingerprint density at radius 3 is 2.67 bits per heavy atom. The largest absolute Gasteiger partial charge is 0.463 e. The van der Waals surface area contributed by atoms with E-state index >= 15 is 0 Å². The molecule has 0 amide bonds. The zero-order valence-corrected chi connectivity index (χ0v) is 6.23. The van der Waals surface area contributed by atoms with Gasteiger partial charge in [-0.05, 0) is 13.8 Å². The van der Waals surface area contributed by atoms with E-state index in [2.05, 4.69) is 4.74 Å². The van der Waals surface area contributed by atoms with Crippen LogP contribution in [-0.2, 0) is 9.53 Å². The minimum Gasteiger partial charge on any atom is -0.463 e. The van der Waals surface area contributed by atoms with E-state index in [-0.39, 0.29) is 5.97 Å². The number of ether oxygens (including phenoxy) is 1. The highest BCUT2D eigenvalue weighted by Gasteiger charge is 1.93. The molecule has 0 bridgehead atoms. The van der Waals surface area contributed by atoms with E-state index in [0.717, 1.165) is 0 Å². The average molecular weight is 149 g/mol. The van der Waals surface area contributed by atoms with Crippen LogP contribution in [-0.4, -0.2) is 12.6 Å². The highest BCUT2D eigenvalue weighted by atomic mass is 35.5. The van der Waals surface area contributed by atoms with Crippen molar-refractivity contribution < 1.29 is 9.53 Å². The summed E-state index contributed by atoms with van der Waals surface area (Å²) in [6.45, 7) is 3.76. The molecule has 9 heavy (non-hydrogen) atoms. The van der Waals surface area contributed by atoms with E-state index in [0.29, 0.717) is 11.6 Å². The molecule has 52 valence electrons. The van der Waals surface area contributed by atoms with Crippen LogP contribution >= 0.6 is 11.6 Å². The minimum atomic E-state index is -0.384. The van der Waals surface area contributed by atoms with Crippen LogP contribution in [0.2, 0.25) is 0 Å². The molecule has 0 aliphatic heterocycles. The molecule has 0 aromatic rings. The Kier molecular flexibility index (Phi) is 4.14. The summed E-state index contributed by atoms with van der Waals surface area (Å²) in [7, 11) is 0. The van der Waals surface area contributed by atoms with Gasteiger partial charge in [0.2, 0.25) is 0 Å². The first kappa shape index (κ1) is 8.50. The van der Waals surface area contributed by atoms with Gasteiger partial charge < -0.3 is 4.74 Å². The molecule has 0 fully saturated rings. The summed E-state index contributed by atoms with van der Waals surface area (Å²) in [4.78, 5) is 10.5. The molecule has 0 aliphatic rings. The highest BCUT2D eigenvalue weighted by Crippen LogP contribution is 1.97. The van der Waals surface area contributed by atoms with E-state index < -0.39 is 0 Å². The van der Waals surface area contributed by atoms with Crippen molar-refractivity contribution in [2.45, 2.75) is 13.8 Å². The standard InChI is InChI=1S/C6H9ClO2/c1-3-9-6(8)4-5(2)7/h4H,3H2,1-2H3/b5-4+. The van der Waals surface area contributed by atoms with Crippen molar-refractivity contribution in [3.63, 3.8) is 0 Å². The predicted octanol–water partition coefficient (Wildman–Crippen LogP) is 1.69. The predicted molar refractivity (Wildman–Crippen MR) is 36.2 cm³/mol. The molecular formula is C6H9ClO2. The number of hydrogen-bond acceptors (Lipinski definition) is 2. The minimum absolute atomic E-state index is 0.384. The summed E-state index contributed by atoms with van der Waals surface area (Å²) < 4.78 is 4.55. The summed E-state index contributed by atoms with van der Waals surface area (Å²) in [6, 6.07) is 0. The van der Waals surface area contributed by atoms with Crippen molar-refractivity contribution in [2.24, 2.45) is 0 Å². The van der Waals surface area contributed by atoms with E-state index in [9.17, 15) is 4.79 Å². The Morgan fingerprint density at radius 1 is 1.78 bits per heavy atom. The Labute approximate surface area is 59.5 Å². The smallest absolute Gasteiger partial charge is 0.331 e. The molecule has 3 heteroatoms. The lowest BCUT2D eigenvalue weighted by atomic mass is 10.5. The summed E-state index contributed by atoms with van der Waals surface area (Å²) in [5.41, 5.74) is 0.